The molecule has 0 spiro atoms. The van der Waals surface area contributed by atoms with Gasteiger partial charge in [-0.3, -0.25) is 4.57 Å². The van der Waals surface area contributed by atoms with Gasteiger partial charge in [-0.25, -0.2) is 4.98 Å². The number of imidazole rings is 1. The van der Waals surface area contributed by atoms with E-state index in [-0.39, 0.29) is 0 Å². The van der Waals surface area contributed by atoms with E-state index < -0.39 is 0 Å². The van der Waals surface area contributed by atoms with Gasteiger partial charge in [0.05, 0.1) is 22.1 Å². The van der Waals surface area contributed by atoms with Crippen molar-refractivity contribution < 1.29 is 0 Å². The lowest BCUT2D eigenvalue weighted by Crippen LogP contribution is -1.98. The number of benzene rings is 7. The predicted molar refractivity (Wildman–Crippen MR) is 191 cm³/mol. The van der Waals surface area contributed by atoms with E-state index in [0.717, 1.165) is 33.8 Å². The van der Waals surface area contributed by atoms with E-state index >= 15 is 0 Å². The molecule has 3 heterocycles. The first kappa shape index (κ1) is 24.7. The van der Waals surface area contributed by atoms with Crippen molar-refractivity contribution in [3.8, 4) is 22.8 Å². The SMILES string of the molecule is c1ccc(-n2c(-c3ccc(-n4c5ccccc5c5c6ccccc6c6sc7ccccc7c6c54)cc3)nc3ccccc32)cc1. The standard InChI is InChI=1S/C41H25N3S/c1-2-12-27(13-3-1)44-35-20-10-8-18-33(35)42-41(44)26-22-24-28(25-23-26)43-34-19-9-6-16-31(34)37-29-14-4-5-15-30(29)40-38(39(37)43)32-17-7-11-21-36(32)45-40/h1-25H. The molecular weight excluding hydrogens is 567 g/mol. The molecule has 0 aliphatic rings. The molecule has 0 bridgehead atoms. The van der Waals surface area contributed by atoms with Crippen LogP contribution >= 0.6 is 11.3 Å². The molecule has 0 amide bonds. The third kappa shape index (κ3) is 3.48. The number of aromatic nitrogens is 3. The number of nitrogens with zero attached hydrogens (tertiary/aromatic N) is 3. The average Bonchev–Trinajstić information content (AvgIpc) is 3.79. The van der Waals surface area contributed by atoms with Crippen molar-refractivity contribution >= 4 is 75.1 Å². The minimum Gasteiger partial charge on any atom is -0.309 e. The van der Waals surface area contributed by atoms with E-state index in [4.69, 9.17) is 4.98 Å². The smallest absolute Gasteiger partial charge is 0.145 e. The fourth-order valence-electron chi connectivity index (χ4n) is 7.20. The van der Waals surface area contributed by atoms with Crippen LogP contribution in [0.25, 0.3) is 86.5 Å². The van der Waals surface area contributed by atoms with Crippen LogP contribution in [0.5, 0.6) is 0 Å². The summed E-state index contributed by atoms with van der Waals surface area (Å²) in [4.78, 5) is 5.11. The van der Waals surface area contributed by atoms with Gasteiger partial charge in [-0.15, -0.1) is 11.3 Å². The first-order valence-electron chi connectivity index (χ1n) is 15.2. The van der Waals surface area contributed by atoms with Crippen LogP contribution in [0.4, 0.5) is 0 Å². The topological polar surface area (TPSA) is 22.8 Å². The van der Waals surface area contributed by atoms with Crippen LogP contribution in [0.2, 0.25) is 0 Å². The summed E-state index contributed by atoms with van der Waals surface area (Å²) in [5, 5.41) is 7.85. The van der Waals surface area contributed by atoms with Crippen LogP contribution in [0.1, 0.15) is 0 Å². The third-order valence-electron chi connectivity index (χ3n) is 9.11. The Morgan fingerprint density at radius 3 is 1.89 bits per heavy atom. The lowest BCUT2D eigenvalue weighted by Gasteiger charge is -2.12. The number of hydrogen-bond donors (Lipinski definition) is 0. The Morgan fingerprint density at radius 2 is 1.07 bits per heavy atom. The molecule has 0 saturated carbocycles. The summed E-state index contributed by atoms with van der Waals surface area (Å²) >= 11 is 1.90. The molecule has 45 heavy (non-hydrogen) atoms. The van der Waals surface area contributed by atoms with E-state index in [1.807, 2.05) is 11.3 Å². The monoisotopic (exact) mass is 591 g/mol. The molecule has 3 aromatic heterocycles. The lowest BCUT2D eigenvalue weighted by atomic mass is 10.00. The second kappa shape index (κ2) is 9.39. The number of rotatable bonds is 3. The third-order valence-corrected chi connectivity index (χ3v) is 10.3. The van der Waals surface area contributed by atoms with Gasteiger partial charge in [0.1, 0.15) is 5.82 Å². The number of fused-ring (bicyclic) bond motifs is 11. The molecule has 0 unspecified atom stereocenters. The molecule has 0 N–H and O–H groups in total. The molecule has 7 aromatic carbocycles. The van der Waals surface area contributed by atoms with Gasteiger partial charge in [0, 0.05) is 53.3 Å². The predicted octanol–water partition coefficient (Wildman–Crippen LogP) is 11.3. The Kier molecular flexibility index (Phi) is 5.16. The second-order valence-electron chi connectivity index (χ2n) is 11.6. The molecule has 10 aromatic rings. The zero-order valence-electron chi connectivity index (χ0n) is 24.2. The summed E-state index contributed by atoms with van der Waals surface area (Å²) in [7, 11) is 0. The van der Waals surface area contributed by atoms with Gasteiger partial charge in [0.25, 0.3) is 0 Å². The first-order chi connectivity index (χ1) is 22.3. The first-order valence-corrected chi connectivity index (χ1v) is 16.1. The van der Waals surface area contributed by atoms with E-state index in [9.17, 15) is 0 Å². The quantitative estimate of drug-likeness (QED) is 0.200. The number of hydrogen-bond acceptors (Lipinski definition) is 2. The molecule has 0 saturated heterocycles. The summed E-state index contributed by atoms with van der Waals surface area (Å²) in [5.74, 6) is 0.938. The highest BCUT2D eigenvalue weighted by Gasteiger charge is 2.22. The highest BCUT2D eigenvalue weighted by molar-refractivity contribution is 7.27. The van der Waals surface area contributed by atoms with Crippen molar-refractivity contribution in [2.24, 2.45) is 0 Å². The molecule has 210 valence electrons. The van der Waals surface area contributed by atoms with Crippen molar-refractivity contribution in [2.75, 3.05) is 0 Å². The summed E-state index contributed by atoms with van der Waals surface area (Å²) in [6.45, 7) is 0. The Labute approximate surface area is 262 Å². The fraction of sp³-hybridized carbons (Fsp3) is 0. The molecule has 4 heteroatoms. The summed E-state index contributed by atoms with van der Waals surface area (Å²) in [6, 6.07) is 54.4. The van der Waals surface area contributed by atoms with Gasteiger partial charge in [-0.05, 0) is 66.0 Å². The molecule has 3 nitrogen and oxygen atoms in total. The molecule has 0 aliphatic heterocycles. The fourth-order valence-corrected chi connectivity index (χ4v) is 8.45. The zero-order chi connectivity index (χ0) is 29.5. The van der Waals surface area contributed by atoms with E-state index in [1.165, 1.54) is 52.8 Å². The summed E-state index contributed by atoms with van der Waals surface area (Å²) in [6.07, 6.45) is 0. The second-order valence-corrected chi connectivity index (χ2v) is 12.6. The van der Waals surface area contributed by atoms with E-state index in [1.54, 1.807) is 0 Å². The van der Waals surface area contributed by atoms with Crippen molar-refractivity contribution in [3.63, 3.8) is 0 Å². The molecule has 0 fully saturated rings. The summed E-state index contributed by atoms with van der Waals surface area (Å²) < 4.78 is 7.40. The molecule has 10 rings (SSSR count). The Bertz CT molecular complexity index is 2750. The van der Waals surface area contributed by atoms with Gasteiger partial charge in [-0.1, -0.05) is 91.0 Å². The van der Waals surface area contributed by atoms with Crippen molar-refractivity contribution in [2.45, 2.75) is 0 Å². The van der Waals surface area contributed by atoms with Crippen LogP contribution in [-0.4, -0.2) is 14.1 Å². The number of thiophene rings is 1. The molecule has 0 radical (unpaired) electrons. The van der Waals surface area contributed by atoms with Gasteiger partial charge >= 0.3 is 0 Å². The minimum absolute atomic E-state index is 0.938. The minimum atomic E-state index is 0.938. The Balaban J connectivity index is 1.28. The zero-order valence-corrected chi connectivity index (χ0v) is 25.0. The Morgan fingerprint density at radius 1 is 0.444 bits per heavy atom. The van der Waals surface area contributed by atoms with Gasteiger partial charge in [0.2, 0.25) is 0 Å². The van der Waals surface area contributed by atoms with Crippen LogP contribution in [0.15, 0.2) is 152 Å². The maximum absolute atomic E-state index is 5.11. The van der Waals surface area contributed by atoms with Crippen molar-refractivity contribution in [3.05, 3.63) is 152 Å². The van der Waals surface area contributed by atoms with Gasteiger partial charge in [0.15, 0.2) is 0 Å². The average molecular weight is 592 g/mol. The highest BCUT2D eigenvalue weighted by atomic mass is 32.1. The maximum atomic E-state index is 5.11. The normalized spacial score (nSPS) is 12.0. The molecule has 0 aliphatic carbocycles. The lowest BCUT2D eigenvalue weighted by molar-refractivity contribution is 1.10. The van der Waals surface area contributed by atoms with Gasteiger partial charge < -0.3 is 4.57 Å². The van der Waals surface area contributed by atoms with E-state index in [2.05, 4.69) is 161 Å². The number of para-hydroxylation sites is 4. The van der Waals surface area contributed by atoms with Crippen LogP contribution < -0.4 is 0 Å². The Hall–Kier alpha value is -5.71. The summed E-state index contributed by atoms with van der Waals surface area (Å²) in [5.41, 5.74) is 7.89. The van der Waals surface area contributed by atoms with E-state index in [0.29, 0.717) is 0 Å². The highest BCUT2D eigenvalue weighted by Crippen LogP contribution is 2.47. The van der Waals surface area contributed by atoms with Crippen LogP contribution in [0, 0.1) is 0 Å². The van der Waals surface area contributed by atoms with Crippen molar-refractivity contribution in [1.82, 2.24) is 14.1 Å². The molecular formula is C41H25N3S. The van der Waals surface area contributed by atoms with Crippen LogP contribution in [-0.2, 0) is 0 Å². The maximum Gasteiger partial charge on any atom is 0.145 e. The van der Waals surface area contributed by atoms with Gasteiger partial charge in [-0.2, -0.15) is 0 Å². The largest absolute Gasteiger partial charge is 0.309 e. The molecule has 0 atom stereocenters. The van der Waals surface area contributed by atoms with Crippen molar-refractivity contribution in [1.29, 1.82) is 0 Å². The van der Waals surface area contributed by atoms with Crippen LogP contribution in [0.3, 0.4) is 0 Å².